The van der Waals surface area contributed by atoms with Crippen LogP contribution in [0.4, 0.5) is 10.2 Å². The third-order valence-electron chi connectivity index (χ3n) is 9.76. The van der Waals surface area contributed by atoms with Crippen molar-refractivity contribution in [3.05, 3.63) is 142 Å². The molecule has 0 bridgehead atoms. The Bertz CT molecular complexity index is 2420. The fraction of sp³-hybridized carbons (Fsp3) is 0.250. The van der Waals surface area contributed by atoms with Gasteiger partial charge in [0.2, 0.25) is 0 Å². The monoisotopic (exact) mass is 757 g/mol. The van der Waals surface area contributed by atoms with Gasteiger partial charge in [0, 0.05) is 36.4 Å². The molecule has 286 valence electrons. The fourth-order valence-electron chi connectivity index (χ4n) is 6.79. The number of nitrogens with one attached hydrogen (secondary N) is 2. The van der Waals surface area contributed by atoms with Gasteiger partial charge in [-0.05, 0) is 78.6 Å². The number of unbranched alkanes of at least 4 members (excludes halogenated alkanes) is 5. The Kier molecular flexibility index (Phi) is 11.6. The van der Waals surface area contributed by atoms with Crippen molar-refractivity contribution < 1.29 is 37.9 Å². The highest BCUT2D eigenvalue weighted by Crippen LogP contribution is 2.27. The molecule has 4 aromatic carbocycles. The SMILES string of the molecule is O=C(NCCCCCCCCOc1ccc(CC2Nc3c(Cc4ccccc4)nc(-c4ccc(O)cc4)c[n+]3C2=O)cc1F)c1cc2ccc(O)cc2oc1=O. The molecule has 11 nitrogen and oxygen atoms in total. The molecule has 0 saturated carbocycles. The number of carbonyl (C=O) groups is 2. The number of benzene rings is 4. The van der Waals surface area contributed by atoms with E-state index in [9.17, 15) is 24.6 Å². The molecule has 7 rings (SSSR count). The number of phenolic OH excluding ortho intramolecular Hbond substituents is 2. The second-order valence-electron chi connectivity index (χ2n) is 13.9. The Balaban J connectivity index is 0.849. The van der Waals surface area contributed by atoms with E-state index in [1.807, 2.05) is 30.3 Å². The van der Waals surface area contributed by atoms with E-state index in [1.54, 1.807) is 53.2 Å². The number of amides is 1. The van der Waals surface area contributed by atoms with Crippen molar-refractivity contribution in [1.82, 2.24) is 10.3 Å². The van der Waals surface area contributed by atoms with Crippen LogP contribution in [-0.4, -0.2) is 46.2 Å². The molecule has 1 unspecified atom stereocenters. The maximum Gasteiger partial charge on any atom is 0.359 e. The van der Waals surface area contributed by atoms with E-state index in [0.717, 1.165) is 49.7 Å². The van der Waals surface area contributed by atoms with Crippen molar-refractivity contribution in [2.24, 2.45) is 0 Å². The van der Waals surface area contributed by atoms with Gasteiger partial charge in [0.25, 0.3) is 5.91 Å². The average Bonchev–Trinajstić information content (AvgIpc) is 3.50. The summed E-state index contributed by atoms with van der Waals surface area (Å²) in [5, 5.41) is 26.0. The Morgan fingerprint density at radius 2 is 1.61 bits per heavy atom. The first-order valence-corrected chi connectivity index (χ1v) is 18.8. The van der Waals surface area contributed by atoms with Gasteiger partial charge >= 0.3 is 17.4 Å². The first kappa shape index (κ1) is 37.7. The van der Waals surface area contributed by atoms with Gasteiger partial charge in [-0.25, -0.2) is 19.0 Å². The number of fused-ring (bicyclic) bond motifs is 2. The summed E-state index contributed by atoms with van der Waals surface area (Å²) in [4.78, 5) is 43.4. The van der Waals surface area contributed by atoms with E-state index in [0.29, 0.717) is 47.7 Å². The molecule has 0 spiro atoms. The van der Waals surface area contributed by atoms with Crippen molar-refractivity contribution in [3.8, 4) is 28.5 Å². The lowest BCUT2D eigenvalue weighted by atomic mass is 10.1. The molecule has 3 heterocycles. The first-order valence-electron chi connectivity index (χ1n) is 18.8. The zero-order chi connectivity index (χ0) is 39.0. The van der Waals surface area contributed by atoms with E-state index >= 15 is 4.39 Å². The molecule has 1 atom stereocenters. The van der Waals surface area contributed by atoms with Gasteiger partial charge in [-0.15, -0.1) is 0 Å². The smallest absolute Gasteiger partial charge is 0.359 e. The Hall–Kier alpha value is -6.56. The molecule has 1 amide bonds. The summed E-state index contributed by atoms with van der Waals surface area (Å²) >= 11 is 0. The highest BCUT2D eigenvalue weighted by molar-refractivity contribution is 5.96. The lowest BCUT2D eigenvalue weighted by Gasteiger charge is -2.10. The summed E-state index contributed by atoms with van der Waals surface area (Å²) in [5.41, 5.74) is 3.15. The van der Waals surface area contributed by atoms with Crippen LogP contribution in [0.2, 0.25) is 0 Å². The van der Waals surface area contributed by atoms with Gasteiger partial charge in [-0.3, -0.25) is 10.1 Å². The van der Waals surface area contributed by atoms with Crippen LogP contribution in [0.25, 0.3) is 22.2 Å². The van der Waals surface area contributed by atoms with Crippen LogP contribution in [0.1, 0.15) is 70.5 Å². The normalized spacial score (nSPS) is 13.4. The Labute approximate surface area is 322 Å². The molecular formula is C44H42FN4O7+. The van der Waals surface area contributed by atoms with Crippen LogP contribution in [0.5, 0.6) is 17.2 Å². The minimum Gasteiger partial charge on any atom is -0.508 e. The highest BCUT2D eigenvalue weighted by atomic mass is 19.1. The number of halogens is 1. The van der Waals surface area contributed by atoms with Crippen LogP contribution in [0, 0.1) is 5.82 Å². The molecule has 56 heavy (non-hydrogen) atoms. The lowest BCUT2D eigenvalue weighted by molar-refractivity contribution is -0.552. The van der Waals surface area contributed by atoms with Gasteiger partial charge in [0.15, 0.2) is 17.6 Å². The third-order valence-corrected chi connectivity index (χ3v) is 9.76. The summed E-state index contributed by atoms with van der Waals surface area (Å²) in [7, 11) is 0. The maximum absolute atomic E-state index is 15.2. The zero-order valence-corrected chi connectivity index (χ0v) is 30.7. The van der Waals surface area contributed by atoms with Crippen LogP contribution in [0.15, 0.2) is 112 Å². The summed E-state index contributed by atoms with van der Waals surface area (Å²) in [6, 6.07) is 26.6. The number of rotatable bonds is 16. The second kappa shape index (κ2) is 17.3. The number of hydrogen-bond donors (Lipinski definition) is 4. The van der Waals surface area contributed by atoms with E-state index in [1.165, 1.54) is 24.3 Å². The molecule has 6 aromatic rings. The maximum atomic E-state index is 15.2. The Morgan fingerprint density at radius 1 is 0.857 bits per heavy atom. The summed E-state index contributed by atoms with van der Waals surface area (Å²) in [6.07, 6.45) is 7.71. The number of aromatic hydroxyl groups is 2. The number of carbonyl (C=O) groups excluding carboxylic acids is 2. The number of hydrogen-bond acceptors (Lipinski definition) is 9. The molecule has 0 aliphatic carbocycles. The summed E-state index contributed by atoms with van der Waals surface area (Å²) in [6.45, 7) is 0.797. The molecular weight excluding hydrogens is 716 g/mol. The topological polar surface area (TPSA) is 155 Å². The fourth-order valence-corrected chi connectivity index (χ4v) is 6.79. The van der Waals surface area contributed by atoms with E-state index in [4.69, 9.17) is 14.1 Å². The van der Waals surface area contributed by atoms with E-state index in [-0.39, 0.29) is 40.7 Å². The Morgan fingerprint density at radius 3 is 2.39 bits per heavy atom. The van der Waals surface area contributed by atoms with Crippen LogP contribution in [0.3, 0.4) is 0 Å². The van der Waals surface area contributed by atoms with Crippen LogP contribution in [-0.2, 0) is 12.8 Å². The predicted octanol–water partition coefficient (Wildman–Crippen LogP) is 7.11. The summed E-state index contributed by atoms with van der Waals surface area (Å²) in [5.74, 6) is -0.260. The van der Waals surface area contributed by atoms with E-state index in [2.05, 4.69) is 10.6 Å². The van der Waals surface area contributed by atoms with Crippen molar-refractivity contribution >= 4 is 28.6 Å². The quantitative estimate of drug-likeness (QED) is 0.0460. The van der Waals surface area contributed by atoms with Gasteiger partial charge in [0.05, 0.1) is 6.61 Å². The molecule has 1 aliphatic heterocycles. The minimum absolute atomic E-state index is 0.0273. The molecule has 12 heteroatoms. The molecule has 0 fully saturated rings. The van der Waals surface area contributed by atoms with Crippen molar-refractivity contribution in [1.29, 1.82) is 0 Å². The lowest BCUT2D eigenvalue weighted by Crippen LogP contribution is -2.44. The predicted molar refractivity (Wildman–Crippen MR) is 209 cm³/mol. The first-order chi connectivity index (χ1) is 27.2. The van der Waals surface area contributed by atoms with Crippen molar-refractivity contribution in [2.75, 3.05) is 18.5 Å². The molecule has 0 radical (unpaired) electrons. The molecule has 1 aliphatic rings. The number of ether oxygens (including phenoxy) is 1. The van der Waals surface area contributed by atoms with E-state index < -0.39 is 23.4 Å². The third kappa shape index (κ3) is 9.03. The van der Waals surface area contributed by atoms with Crippen molar-refractivity contribution in [2.45, 2.75) is 57.4 Å². The minimum atomic E-state index is -0.754. The van der Waals surface area contributed by atoms with Crippen LogP contribution < -0.4 is 25.6 Å². The highest BCUT2D eigenvalue weighted by Gasteiger charge is 2.41. The summed E-state index contributed by atoms with van der Waals surface area (Å²) < 4.78 is 27.7. The largest absolute Gasteiger partial charge is 0.508 e. The number of phenols is 2. The molecule has 2 aromatic heterocycles. The van der Waals surface area contributed by atoms with Gasteiger partial charge in [0.1, 0.15) is 40.2 Å². The zero-order valence-electron chi connectivity index (χ0n) is 30.7. The second-order valence-corrected chi connectivity index (χ2v) is 13.9. The van der Waals surface area contributed by atoms with Crippen LogP contribution >= 0.6 is 0 Å². The molecule has 4 N–H and O–H groups in total. The number of nitrogens with zero attached hydrogens (tertiary/aromatic N) is 2. The average molecular weight is 758 g/mol. The van der Waals surface area contributed by atoms with Gasteiger partial charge in [-0.1, -0.05) is 62.1 Å². The van der Waals surface area contributed by atoms with Gasteiger partial charge < -0.3 is 24.7 Å². The standard InChI is InChI=1S/C44H41FN4O7/c45-35-22-29(24-37-43(53)49-27-38(30-13-16-32(50)17-14-30)47-36(41(49)48-37)23-28-10-6-5-7-11-28)12-19-39(35)55-21-9-4-2-1-3-8-20-46-42(52)34-25-31-15-18-33(51)26-40(31)56-44(34)54/h5-7,10-19,22,25-27,37H,1-4,8-9,20-21,23-24H2,(H3,46,50,51,52,54)/p+1. The number of anilines is 1. The van der Waals surface area contributed by atoms with Crippen molar-refractivity contribution in [3.63, 3.8) is 0 Å². The van der Waals surface area contributed by atoms with Gasteiger partial charge in [-0.2, -0.15) is 4.57 Å². The number of aromatic nitrogens is 2. The molecule has 0 saturated heterocycles.